The molecule has 0 amide bonds. The van der Waals surface area contributed by atoms with Crippen molar-refractivity contribution in [2.45, 2.75) is 45.3 Å². The van der Waals surface area contributed by atoms with Crippen LogP contribution in [0, 0.1) is 0 Å². The summed E-state index contributed by atoms with van der Waals surface area (Å²) in [6.45, 7) is 7.81. The summed E-state index contributed by atoms with van der Waals surface area (Å²) >= 11 is 0. The molecule has 1 aromatic heterocycles. The standard InChI is InChI=1S/C15H28N4O/c1-4-14-13(11-18(3)17-14)15(10-16)19-8-6-12(7-9-19)20-5-2/h11-12,15H,4-10,16H2,1-3H3. The monoisotopic (exact) mass is 280 g/mol. The molecule has 1 saturated heterocycles. The summed E-state index contributed by atoms with van der Waals surface area (Å²) in [5.74, 6) is 0. The molecule has 1 aliphatic rings. The number of hydrogen-bond donors (Lipinski definition) is 1. The van der Waals surface area contributed by atoms with E-state index in [4.69, 9.17) is 10.5 Å². The SMILES string of the molecule is CCOC1CCN(C(CN)c2cn(C)nc2CC)CC1. The zero-order valence-electron chi connectivity index (χ0n) is 13.0. The van der Waals surface area contributed by atoms with Gasteiger partial charge in [-0.05, 0) is 26.2 Å². The van der Waals surface area contributed by atoms with Crippen molar-refractivity contribution in [3.05, 3.63) is 17.5 Å². The number of hydrogen-bond acceptors (Lipinski definition) is 4. The molecule has 1 unspecified atom stereocenters. The molecule has 0 radical (unpaired) electrons. The molecule has 0 spiro atoms. The highest BCUT2D eigenvalue weighted by Crippen LogP contribution is 2.27. The molecule has 5 heteroatoms. The molecule has 2 N–H and O–H groups in total. The van der Waals surface area contributed by atoms with Crippen molar-refractivity contribution in [3.8, 4) is 0 Å². The van der Waals surface area contributed by atoms with E-state index in [1.54, 1.807) is 0 Å². The number of ether oxygens (including phenoxy) is 1. The average molecular weight is 280 g/mol. The van der Waals surface area contributed by atoms with Crippen molar-refractivity contribution in [2.75, 3.05) is 26.2 Å². The van der Waals surface area contributed by atoms with Crippen LogP contribution >= 0.6 is 0 Å². The lowest BCUT2D eigenvalue weighted by Gasteiger charge is -2.37. The molecule has 1 aromatic rings. The van der Waals surface area contributed by atoms with Crippen LogP contribution in [-0.2, 0) is 18.2 Å². The molecule has 0 aromatic carbocycles. The minimum absolute atomic E-state index is 0.293. The molecule has 1 fully saturated rings. The van der Waals surface area contributed by atoms with E-state index in [0.29, 0.717) is 18.7 Å². The van der Waals surface area contributed by atoms with Crippen LogP contribution in [-0.4, -0.2) is 47.0 Å². The first kappa shape index (κ1) is 15.5. The summed E-state index contributed by atoms with van der Waals surface area (Å²) in [4.78, 5) is 2.49. The van der Waals surface area contributed by atoms with Crippen LogP contribution in [0.4, 0.5) is 0 Å². The van der Waals surface area contributed by atoms with Gasteiger partial charge in [0.2, 0.25) is 0 Å². The fourth-order valence-corrected chi connectivity index (χ4v) is 3.17. The maximum absolute atomic E-state index is 6.05. The number of nitrogens with two attached hydrogens (primary N) is 1. The summed E-state index contributed by atoms with van der Waals surface area (Å²) in [7, 11) is 1.98. The van der Waals surface area contributed by atoms with Crippen molar-refractivity contribution in [3.63, 3.8) is 0 Å². The third-order valence-electron chi connectivity index (χ3n) is 4.17. The van der Waals surface area contributed by atoms with Crippen molar-refractivity contribution < 1.29 is 4.74 Å². The van der Waals surface area contributed by atoms with Crippen LogP contribution in [0.25, 0.3) is 0 Å². The fraction of sp³-hybridized carbons (Fsp3) is 0.800. The van der Waals surface area contributed by atoms with Crippen LogP contribution in [0.2, 0.25) is 0 Å². The van der Waals surface area contributed by atoms with E-state index in [1.165, 1.54) is 11.3 Å². The molecule has 1 atom stereocenters. The van der Waals surface area contributed by atoms with Gasteiger partial charge in [0.15, 0.2) is 0 Å². The minimum Gasteiger partial charge on any atom is -0.378 e. The average Bonchev–Trinajstić information content (AvgIpc) is 2.83. The van der Waals surface area contributed by atoms with Gasteiger partial charge in [-0.15, -0.1) is 0 Å². The van der Waals surface area contributed by atoms with Crippen molar-refractivity contribution >= 4 is 0 Å². The van der Waals surface area contributed by atoms with E-state index in [0.717, 1.165) is 39.0 Å². The van der Waals surface area contributed by atoms with E-state index in [2.05, 4.69) is 30.0 Å². The molecule has 0 aliphatic carbocycles. The van der Waals surface area contributed by atoms with Crippen molar-refractivity contribution in [1.82, 2.24) is 14.7 Å². The van der Waals surface area contributed by atoms with Crippen LogP contribution < -0.4 is 5.73 Å². The minimum atomic E-state index is 0.293. The van der Waals surface area contributed by atoms with E-state index in [-0.39, 0.29) is 0 Å². The predicted molar refractivity (Wildman–Crippen MR) is 80.6 cm³/mol. The molecule has 0 bridgehead atoms. The summed E-state index contributed by atoms with van der Waals surface area (Å²) in [5, 5.41) is 4.55. The molecule has 2 heterocycles. The van der Waals surface area contributed by atoms with Gasteiger partial charge in [0.1, 0.15) is 0 Å². The predicted octanol–water partition coefficient (Wildman–Crippen LogP) is 1.48. The zero-order valence-corrected chi connectivity index (χ0v) is 13.0. The number of nitrogens with zero attached hydrogens (tertiary/aromatic N) is 3. The Morgan fingerprint density at radius 1 is 1.40 bits per heavy atom. The van der Waals surface area contributed by atoms with Crippen LogP contribution in [0.3, 0.4) is 0 Å². The second-order valence-corrected chi connectivity index (χ2v) is 5.50. The number of likely N-dealkylation sites (tertiary alicyclic amines) is 1. The van der Waals surface area contributed by atoms with E-state index >= 15 is 0 Å². The van der Waals surface area contributed by atoms with Gasteiger partial charge in [0.25, 0.3) is 0 Å². The number of aryl methyl sites for hydroxylation is 2. The van der Waals surface area contributed by atoms with Gasteiger partial charge in [0.05, 0.1) is 17.8 Å². The third-order valence-corrected chi connectivity index (χ3v) is 4.17. The van der Waals surface area contributed by atoms with E-state index < -0.39 is 0 Å². The van der Waals surface area contributed by atoms with Gasteiger partial charge in [-0.3, -0.25) is 9.58 Å². The number of rotatable bonds is 6. The highest BCUT2D eigenvalue weighted by atomic mass is 16.5. The Hall–Kier alpha value is -0.910. The molecule has 114 valence electrons. The van der Waals surface area contributed by atoms with Gasteiger partial charge in [0, 0.05) is 45.0 Å². The highest BCUT2D eigenvalue weighted by molar-refractivity contribution is 5.22. The van der Waals surface area contributed by atoms with Gasteiger partial charge in [-0.25, -0.2) is 0 Å². The summed E-state index contributed by atoms with van der Waals surface area (Å²) < 4.78 is 7.63. The summed E-state index contributed by atoms with van der Waals surface area (Å²) in [6.07, 6.45) is 5.72. The lowest BCUT2D eigenvalue weighted by atomic mass is 10.00. The molecule has 5 nitrogen and oxygen atoms in total. The number of aromatic nitrogens is 2. The number of piperidine rings is 1. The van der Waals surface area contributed by atoms with Crippen LogP contribution in [0.15, 0.2) is 6.20 Å². The Balaban J connectivity index is 2.05. The maximum atomic E-state index is 6.05. The molecule has 20 heavy (non-hydrogen) atoms. The van der Waals surface area contributed by atoms with Gasteiger partial charge in [-0.1, -0.05) is 6.92 Å². The van der Waals surface area contributed by atoms with Crippen LogP contribution in [0.5, 0.6) is 0 Å². The van der Waals surface area contributed by atoms with Crippen molar-refractivity contribution in [1.29, 1.82) is 0 Å². The van der Waals surface area contributed by atoms with Crippen molar-refractivity contribution in [2.24, 2.45) is 12.8 Å². The highest BCUT2D eigenvalue weighted by Gasteiger charge is 2.27. The first-order chi connectivity index (χ1) is 9.69. The Bertz CT molecular complexity index is 410. The van der Waals surface area contributed by atoms with Crippen LogP contribution in [0.1, 0.15) is 44.0 Å². The topological polar surface area (TPSA) is 56.3 Å². The first-order valence-corrected chi connectivity index (χ1v) is 7.77. The zero-order chi connectivity index (χ0) is 14.5. The van der Waals surface area contributed by atoms with E-state index in [9.17, 15) is 0 Å². The lowest BCUT2D eigenvalue weighted by Crippen LogP contribution is -2.42. The maximum Gasteiger partial charge on any atom is 0.0670 e. The third kappa shape index (κ3) is 3.40. The lowest BCUT2D eigenvalue weighted by molar-refractivity contribution is 0.00444. The Morgan fingerprint density at radius 2 is 2.10 bits per heavy atom. The normalized spacial score (nSPS) is 19.4. The summed E-state index contributed by atoms with van der Waals surface area (Å²) in [6, 6.07) is 0.293. The Kier molecular flexibility index (Phi) is 5.57. The van der Waals surface area contributed by atoms with Gasteiger partial charge in [-0.2, -0.15) is 5.10 Å². The molecule has 2 rings (SSSR count). The molecular weight excluding hydrogens is 252 g/mol. The fourth-order valence-electron chi connectivity index (χ4n) is 3.17. The second-order valence-electron chi connectivity index (χ2n) is 5.50. The second kappa shape index (κ2) is 7.20. The Labute approximate surface area is 122 Å². The molecular formula is C15H28N4O. The largest absolute Gasteiger partial charge is 0.378 e. The van der Waals surface area contributed by atoms with E-state index in [1.807, 2.05) is 11.7 Å². The first-order valence-electron chi connectivity index (χ1n) is 7.77. The smallest absolute Gasteiger partial charge is 0.0670 e. The Morgan fingerprint density at radius 3 is 2.65 bits per heavy atom. The summed E-state index contributed by atoms with van der Waals surface area (Å²) in [5.41, 5.74) is 8.53. The quantitative estimate of drug-likeness (QED) is 0.857. The van der Waals surface area contributed by atoms with Gasteiger partial charge >= 0.3 is 0 Å². The molecule has 1 aliphatic heterocycles. The molecule has 0 saturated carbocycles. The van der Waals surface area contributed by atoms with Gasteiger partial charge < -0.3 is 10.5 Å².